The third-order valence-electron chi connectivity index (χ3n) is 3.03. The third-order valence-corrected chi connectivity index (χ3v) is 4.73. The molecule has 0 amide bonds. The molecule has 1 aliphatic rings. The standard InChI is InChI=1S/C11H15NO5S/c13-11(14)5-10-8-18(15,16)4-2-12(10)6-9-1-3-17-7-9/h1,3,7,10H,2,4-6,8H2,(H,13,14). The van der Waals surface area contributed by atoms with Gasteiger partial charge in [0.15, 0.2) is 9.84 Å². The van der Waals surface area contributed by atoms with Crippen molar-refractivity contribution in [2.45, 2.75) is 19.0 Å². The molecule has 100 valence electrons. The molecule has 18 heavy (non-hydrogen) atoms. The van der Waals surface area contributed by atoms with E-state index in [0.717, 1.165) is 5.56 Å². The molecule has 6 nitrogen and oxygen atoms in total. The van der Waals surface area contributed by atoms with Crippen LogP contribution in [0.1, 0.15) is 12.0 Å². The summed E-state index contributed by atoms with van der Waals surface area (Å²) in [6.45, 7) is 0.884. The summed E-state index contributed by atoms with van der Waals surface area (Å²) in [5, 5.41) is 8.84. The lowest BCUT2D eigenvalue weighted by Gasteiger charge is -2.34. The van der Waals surface area contributed by atoms with Crippen molar-refractivity contribution in [3.8, 4) is 0 Å². The lowest BCUT2D eigenvalue weighted by Crippen LogP contribution is -2.48. The predicted molar refractivity (Wildman–Crippen MR) is 63.8 cm³/mol. The number of rotatable bonds is 4. The molecule has 0 radical (unpaired) electrons. The molecule has 1 aromatic heterocycles. The summed E-state index contributed by atoms with van der Waals surface area (Å²) in [6.07, 6.45) is 2.97. The van der Waals surface area contributed by atoms with Gasteiger partial charge in [0.2, 0.25) is 0 Å². The number of sulfone groups is 1. The topological polar surface area (TPSA) is 87.8 Å². The zero-order valence-corrected chi connectivity index (χ0v) is 10.6. The Morgan fingerprint density at radius 3 is 2.94 bits per heavy atom. The van der Waals surface area contributed by atoms with Crippen molar-refractivity contribution in [1.29, 1.82) is 0 Å². The molecule has 0 aromatic carbocycles. The third kappa shape index (κ3) is 3.33. The fraction of sp³-hybridized carbons (Fsp3) is 0.545. The van der Waals surface area contributed by atoms with Gasteiger partial charge in [-0.05, 0) is 6.07 Å². The average Bonchev–Trinajstić information content (AvgIpc) is 2.73. The monoisotopic (exact) mass is 273 g/mol. The molecule has 7 heteroatoms. The Morgan fingerprint density at radius 1 is 1.56 bits per heavy atom. The lowest BCUT2D eigenvalue weighted by atomic mass is 10.1. The Hall–Kier alpha value is -1.34. The fourth-order valence-corrected chi connectivity index (χ4v) is 3.73. The number of carboxylic acids is 1. The first-order valence-corrected chi connectivity index (χ1v) is 7.46. The molecule has 1 N–H and O–H groups in total. The van der Waals surface area contributed by atoms with E-state index in [1.807, 2.05) is 4.90 Å². The maximum atomic E-state index is 11.6. The van der Waals surface area contributed by atoms with Crippen LogP contribution >= 0.6 is 0 Å². The highest BCUT2D eigenvalue weighted by Crippen LogP contribution is 2.18. The first kappa shape index (κ1) is 13.1. The minimum Gasteiger partial charge on any atom is -0.481 e. The quantitative estimate of drug-likeness (QED) is 0.852. The summed E-state index contributed by atoms with van der Waals surface area (Å²) in [5.41, 5.74) is 0.921. The van der Waals surface area contributed by atoms with E-state index in [1.54, 1.807) is 18.6 Å². The zero-order chi connectivity index (χ0) is 13.2. The van der Waals surface area contributed by atoms with Gasteiger partial charge in [0.1, 0.15) is 0 Å². The zero-order valence-electron chi connectivity index (χ0n) is 9.78. The van der Waals surface area contributed by atoms with E-state index in [-0.39, 0.29) is 17.9 Å². The fourth-order valence-electron chi connectivity index (χ4n) is 2.14. The van der Waals surface area contributed by atoms with Crippen molar-refractivity contribution in [2.75, 3.05) is 18.1 Å². The highest BCUT2D eigenvalue weighted by atomic mass is 32.2. The predicted octanol–water partition coefficient (Wildman–Crippen LogP) is 0.353. The Morgan fingerprint density at radius 2 is 2.33 bits per heavy atom. The molecule has 0 saturated carbocycles. The highest BCUT2D eigenvalue weighted by Gasteiger charge is 2.32. The van der Waals surface area contributed by atoms with E-state index in [2.05, 4.69) is 0 Å². The number of carboxylic acid groups (broad SMARTS) is 1. The van der Waals surface area contributed by atoms with Crippen LogP contribution in [0.25, 0.3) is 0 Å². The average molecular weight is 273 g/mol. The molecule has 0 bridgehead atoms. The molecular formula is C11H15NO5S. The molecule has 0 aliphatic carbocycles. The van der Waals surface area contributed by atoms with Crippen LogP contribution in [-0.4, -0.2) is 48.5 Å². The minimum absolute atomic E-state index is 0.0843. The van der Waals surface area contributed by atoms with Crippen molar-refractivity contribution >= 4 is 15.8 Å². The van der Waals surface area contributed by atoms with Crippen LogP contribution in [0.4, 0.5) is 0 Å². The van der Waals surface area contributed by atoms with Gasteiger partial charge in [0, 0.05) is 24.7 Å². The second kappa shape index (κ2) is 5.11. The first-order valence-electron chi connectivity index (χ1n) is 5.63. The van der Waals surface area contributed by atoms with Crippen LogP contribution in [0.2, 0.25) is 0 Å². The maximum absolute atomic E-state index is 11.6. The molecule has 2 heterocycles. The SMILES string of the molecule is O=C(O)CC1CS(=O)(=O)CCN1Cc1ccoc1. The van der Waals surface area contributed by atoms with Crippen molar-refractivity contribution in [2.24, 2.45) is 0 Å². The van der Waals surface area contributed by atoms with Crippen molar-refractivity contribution in [3.63, 3.8) is 0 Å². The van der Waals surface area contributed by atoms with E-state index >= 15 is 0 Å². The molecule has 1 atom stereocenters. The Labute approximate surface area is 105 Å². The van der Waals surface area contributed by atoms with Gasteiger partial charge in [-0.1, -0.05) is 0 Å². The summed E-state index contributed by atoms with van der Waals surface area (Å²) in [4.78, 5) is 12.7. The van der Waals surface area contributed by atoms with Crippen LogP contribution in [0, 0.1) is 0 Å². The second-order valence-electron chi connectivity index (χ2n) is 4.47. The lowest BCUT2D eigenvalue weighted by molar-refractivity contribution is -0.138. The van der Waals surface area contributed by atoms with Gasteiger partial charge in [0.05, 0.1) is 30.5 Å². The van der Waals surface area contributed by atoms with Gasteiger partial charge in [-0.25, -0.2) is 8.42 Å². The minimum atomic E-state index is -3.12. The van der Waals surface area contributed by atoms with Gasteiger partial charge in [0.25, 0.3) is 0 Å². The summed E-state index contributed by atoms with van der Waals surface area (Å²) in [7, 11) is -3.12. The molecular weight excluding hydrogens is 258 g/mol. The summed E-state index contributed by atoms with van der Waals surface area (Å²) >= 11 is 0. The van der Waals surface area contributed by atoms with Crippen molar-refractivity contribution in [3.05, 3.63) is 24.2 Å². The van der Waals surface area contributed by atoms with Gasteiger partial charge >= 0.3 is 5.97 Å². The molecule has 1 unspecified atom stereocenters. The molecule has 2 rings (SSSR count). The van der Waals surface area contributed by atoms with Crippen molar-refractivity contribution < 1.29 is 22.7 Å². The Bertz CT molecular complexity index is 508. The van der Waals surface area contributed by atoms with Gasteiger partial charge < -0.3 is 9.52 Å². The van der Waals surface area contributed by atoms with E-state index in [0.29, 0.717) is 13.1 Å². The smallest absolute Gasteiger partial charge is 0.304 e. The van der Waals surface area contributed by atoms with Crippen LogP contribution in [0.15, 0.2) is 23.0 Å². The highest BCUT2D eigenvalue weighted by molar-refractivity contribution is 7.91. The van der Waals surface area contributed by atoms with Crippen LogP contribution in [-0.2, 0) is 21.2 Å². The van der Waals surface area contributed by atoms with Crippen LogP contribution < -0.4 is 0 Å². The van der Waals surface area contributed by atoms with Gasteiger partial charge in [-0.3, -0.25) is 9.69 Å². The number of nitrogens with zero attached hydrogens (tertiary/aromatic N) is 1. The van der Waals surface area contributed by atoms with Crippen molar-refractivity contribution in [1.82, 2.24) is 4.90 Å². The van der Waals surface area contributed by atoms with Crippen LogP contribution in [0.3, 0.4) is 0 Å². The number of furan rings is 1. The molecule has 0 spiro atoms. The molecule has 1 fully saturated rings. The number of carbonyl (C=O) groups is 1. The second-order valence-corrected chi connectivity index (χ2v) is 6.70. The van der Waals surface area contributed by atoms with Crippen LogP contribution in [0.5, 0.6) is 0 Å². The number of hydrogen-bond donors (Lipinski definition) is 1. The largest absolute Gasteiger partial charge is 0.481 e. The Kier molecular flexibility index (Phi) is 3.72. The molecule has 1 aromatic rings. The van der Waals surface area contributed by atoms with E-state index in [4.69, 9.17) is 9.52 Å². The normalized spacial score (nSPS) is 23.9. The number of aliphatic carboxylic acids is 1. The van der Waals surface area contributed by atoms with E-state index < -0.39 is 21.8 Å². The van der Waals surface area contributed by atoms with E-state index in [1.165, 1.54) is 0 Å². The summed E-state index contributed by atoms with van der Waals surface area (Å²) < 4.78 is 28.1. The first-order chi connectivity index (χ1) is 8.46. The molecule has 1 saturated heterocycles. The van der Waals surface area contributed by atoms with Gasteiger partial charge in [-0.15, -0.1) is 0 Å². The maximum Gasteiger partial charge on any atom is 0.304 e. The number of hydrogen-bond acceptors (Lipinski definition) is 5. The van der Waals surface area contributed by atoms with Gasteiger partial charge in [-0.2, -0.15) is 0 Å². The summed E-state index contributed by atoms with van der Waals surface area (Å²) in [6, 6.07) is 1.33. The molecule has 1 aliphatic heterocycles. The van der Waals surface area contributed by atoms with E-state index in [9.17, 15) is 13.2 Å². The summed E-state index contributed by atoms with van der Waals surface area (Å²) in [5.74, 6) is -0.979. The Balaban J connectivity index is 2.09.